The molecule has 0 saturated carbocycles. The Labute approximate surface area is 156 Å². The van der Waals surface area contributed by atoms with Crippen molar-refractivity contribution in [3.05, 3.63) is 35.2 Å². The highest BCUT2D eigenvalue weighted by Crippen LogP contribution is 2.37. The smallest absolute Gasteiger partial charge is 0.208 e. The molecule has 0 aliphatic carbocycles. The van der Waals surface area contributed by atoms with E-state index < -0.39 is 9.84 Å². The van der Waals surface area contributed by atoms with Gasteiger partial charge >= 0.3 is 0 Å². The highest BCUT2D eigenvalue weighted by molar-refractivity contribution is 8.01. The summed E-state index contributed by atoms with van der Waals surface area (Å²) in [4.78, 5) is 5.40. The van der Waals surface area contributed by atoms with Gasteiger partial charge in [0, 0.05) is 31.9 Å². The van der Waals surface area contributed by atoms with Crippen LogP contribution in [0.3, 0.4) is 0 Å². The molecule has 8 heteroatoms. The average Bonchev–Trinajstić information content (AvgIpc) is 3.07. The van der Waals surface area contributed by atoms with Gasteiger partial charge < -0.3 is 9.80 Å². The van der Waals surface area contributed by atoms with E-state index in [2.05, 4.69) is 16.8 Å². The number of hydrogen-bond donors (Lipinski definition) is 0. The van der Waals surface area contributed by atoms with Crippen LogP contribution in [0.15, 0.2) is 44.3 Å². The number of benzene rings is 1. The Kier molecular flexibility index (Phi) is 5.39. The second kappa shape index (κ2) is 7.38. The van der Waals surface area contributed by atoms with Crippen LogP contribution in [0.2, 0.25) is 0 Å². The number of sulfone groups is 1. The molecule has 25 heavy (non-hydrogen) atoms. The Morgan fingerprint density at radius 3 is 2.56 bits per heavy atom. The second-order valence-electron chi connectivity index (χ2n) is 5.87. The zero-order valence-electron chi connectivity index (χ0n) is 14.1. The minimum absolute atomic E-state index is 0.233. The number of thioether (sulfide) groups is 1. The number of hydrogen-bond acceptors (Lipinski definition) is 7. The van der Waals surface area contributed by atoms with Gasteiger partial charge in [-0.15, -0.1) is 23.1 Å². The van der Waals surface area contributed by atoms with Gasteiger partial charge in [-0.25, -0.2) is 8.42 Å². The van der Waals surface area contributed by atoms with Crippen LogP contribution in [0.5, 0.6) is 0 Å². The van der Waals surface area contributed by atoms with Crippen molar-refractivity contribution in [1.82, 2.24) is 4.90 Å². The number of piperazine rings is 1. The van der Waals surface area contributed by atoms with Crippen molar-refractivity contribution in [3.63, 3.8) is 0 Å². The monoisotopic (exact) mass is 393 g/mol. The minimum atomic E-state index is -3.64. The van der Waals surface area contributed by atoms with Crippen molar-refractivity contribution in [2.75, 3.05) is 44.4 Å². The maximum atomic E-state index is 13.1. The minimum Gasteiger partial charge on any atom is -0.369 e. The summed E-state index contributed by atoms with van der Waals surface area (Å²) in [5.41, 5.74) is 0.926. The van der Waals surface area contributed by atoms with Crippen LogP contribution in [0.4, 0.5) is 5.69 Å². The number of likely N-dealkylation sites (N-methyl/N-ethyl adjacent to an activating group) is 1. The van der Waals surface area contributed by atoms with E-state index in [4.69, 9.17) is 5.26 Å². The van der Waals surface area contributed by atoms with Gasteiger partial charge in [-0.05, 0) is 37.6 Å². The molecule has 1 aliphatic heterocycles. The Balaban J connectivity index is 1.97. The number of rotatable bonds is 4. The molecule has 1 aliphatic rings. The third kappa shape index (κ3) is 3.70. The summed E-state index contributed by atoms with van der Waals surface area (Å²) in [7, 11) is -1.55. The standard InChI is InChI=1S/C17H19N3O2S3/c1-19-6-8-20(9-7-19)13-4-3-5-15(10-13)25(21,22)16-11-14(12-18)24-17(16)23-2/h3-5,10-11H,6-9H2,1-2H3. The molecule has 2 aromatic rings. The molecule has 1 fully saturated rings. The maximum Gasteiger partial charge on any atom is 0.208 e. The molecule has 3 rings (SSSR count). The highest BCUT2D eigenvalue weighted by atomic mass is 32.2. The summed E-state index contributed by atoms with van der Waals surface area (Å²) in [6.07, 6.45) is 1.83. The van der Waals surface area contributed by atoms with E-state index in [1.807, 2.05) is 18.4 Å². The van der Waals surface area contributed by atoms with E-state index in [1.165, 1.54) is 29.2 Å². The van der Waals surface area contributed by atoms with Crippen molar-refractivity contribution in [3.8, 4) is 6.07 Å². The van der Waals surface area contributed by atoms with Crippen LogP contribution in [-0.4, -0.2) is 52.8 Å². The molecule has 0 amide bonds. The first kappa shape index (κ1) is 18.3. The molecular weight excluding hydrogens is 374 g/mol. The molecule has 5 nitrogen and oxygen atoms in total. The van der Waals surface area contributed by atoms with Crippen LogP contribution in [-0.2, 0) is 9.84 Å². The predicted octanol–water partition coefficient (Wildman–Crippen LogP) is 2.93. The summed E-state index contributed by atoms with van der Waals surface area (Å²) >= 11 is 2.58. The van der Waals surface area contributed by atoms with E-state index in [-0.39, 0.29) is 9.79 Å². The first-order valence-corrected chi connectivity index (χ1v) is 11.3. The number of nitrogens with zero attached hydrogens (tertiary/aromatic N) is 3. The van der Waals surface area contributed by atoms with Crippen LogP contribution in [0.25, 0.3) is 0 Å². The van der Waals surface area contributed by atoms with Gasteiger partial charge in [0.2, 0.25) is 9.84 Å². The first-order valence-electron chi connectivity index (χ1n) is 7.82. The summed E-state index contributed by atoms with van der Waals surface area (Å²) in [5.74, 6) is 0. The van der Waals surface area contributed by atoms with Crippen LogP contribution < -0.4 is 4.90 Å². The SMILES string of the molecule is CSc1sc(C#N)cc1S(=O)(=O)c1cccc(N2CCN(C)CC2)c1. The van der Waals surface area contributed by atoms with Gasteiger partial charge in [0.15, 0.2) is 0 Å². The van der Waals surface area contributed by atoms with Crippen molar-refractivity contribution < 1.29 is 8.42 Å². The normalized spacial score (nSPS) is 16.0. The highest BCUT2D eigenvalue weighted by Gasteiger charge is 2.25. The quantitative estimate of drug-likeness (QED) is 0.744. The van der Waals surface area contributed by atoms with E-state index in [0.717, 1.165) is 31.9 Å². The van der Waals surface area contributed by atoms with Gasteiger partial charge in [-0.3, -0.25) is 0 Å². The van der Waals surface area contributed by atoms with Crippen LogP contribution in [0, 0.1) is 11.3 Å². The first-order chi connectivity index (χ1) is 12.0. The lowest BCUT2D eigenvalue weighted by Crippen LogP contribution is -2.44. The van der Waals surface area contributed by atoms with Crippen molar-refractivity contribution >= 4 is 38.6 Å². The molecular formula is C17H19N3O2S3. The topological polar surface area (TPSA) is 64.4 Å². The van der Waals surface area contributed by atoms with Crippen molar-refractivity contribution in [2.24, 2.45) is 0 Å². The molecule has 1 aromatic heterocycles. The van der Waals surface area contributed by atoms with Gasteiger partial charge in [-0.1, -0.05) is 6.07 Å². The fourth-order valence-corrected chi connectivity index (χ4v) is 6.61. The van der Waals surface area contributed by atoms with Gasteiger partial charge in [0.1, 0.15) is 10.9 Å². The van der Waals surface area contributed by atoms with E-state index >= 15 is 0 Å². The zero-order chi connectivity index (χ0) is 18.0. The summed E-state index contributed by atoms with van der Waals surface area (Å²) in [6.45, 7) is 3.69. The van der Waals surface area contributed by atoms with E-state index in [0.29, 0.717) is 9.09 Å². The lowest BCUT2D eigenvalue weighted by molar-refractivity contribution is 0.313. The zero-order valence-corrected chi connectivity index (χ0v) is 16.5. The van der Waals surface area contributed by atoms with Gasteiger partial charge in [0.05, 0.1) is 14.0 Å². The average molecular weight is 394 g/mol. The van der Waals surface area contributed by atoms with Gasteiger partial charge in [0.25, 0.3) is 0 Å². The lowest BCUT2D eigenvalue weighted by atomic mass is 10.2. The third-order valence-corrected chi connectivity index (χ3v) is 8.46. The van der Waals surface area contributed by atoms with Crippen LogP contribution in [0.1, 0.15) is 4.88 Å². The Morgan fingerprint density at radius 1 is 1.20 bits per heavy atom. The van der Waals surface area contributed by atoms with E-state index in [1.54, 1.807) is 18.2 Å². The molecule has 2 heterocycles. The van der Waals surface area contributed by atoms with Gasteiger partial charge in [-0.2, -0.15) is 5.26 Å². The largest absolute Gasteiger partial charge is 0.369 e. The number of thiophene rings is 1. The summed E-state index contributed by atoms with van der Waals surface area (Å²) in [5, 5.41) is 9.09. The van der Waals surface area contributed by atoms with Crippen molar-refractivity contribution in [2.45, 2.75) is 14.0 Å². The molecule has 0 N–H and O–H groups in total. The van der Waals surface area contributed by atoms with Crippen LogP contribution >= 0.6 is 23.1 Å². The molecule has 1 aromatic carbocycles. The molecule has 0 spiro atoms. The fourth-order valence-electron chi connectivity index (χ4n) is 2.78. The summed E-state index contributed by atoms with van der Waals surface area (Å²) in [6, 6.07) is 10.6. The Bertz CT molecular complexity index is 907. The molecule has 0 unspecified atom stereocenters. The fraction of sp³-hybridized carbons (Fsp3) is 0.353. The maximum absolute atomic E-state index is 13.1. The molecule has 0 radical (unpaired) electrons. The lowest BCUT2D eigenvalue weighted by Gasteiger charge is -2.34. The number of anilines is 1. The molecule has 132 valence electrons. The van der Waals surface area contributed by atoms with Crippen molar-refractivity contribution in [1.29, 1.82) is 5.26 Å². The Morgan fingerprint density at radius 2 is 1.92 bits per heavy atom. The summed E-state index contributed by atoms with van der Waals surface area (Å²) < 4.78 is 26.8. The number of nitriles is 1. The third-order valence-electron chi connectivity index (χ3n) is 4.25. The predicted molar refractivity (Wildman–Crippen MR) is 102 cm³/mol. The molecule has 0 atom stereocenters. The second-order valence-corrected chi connectivity index (χ2v) is 9.91. The van der Waals surface area contributed by atoms with E-state index in [9.17, 15) is 8.42 Å². The molecule has 1 saturated heterocycles. The Hall–Kier alpha value is -1.53. The molecule has 0 bridgehead atoms.